The SMILES string of the molecule is CCC(C)c1cc(N)c(OCCc2ccccc2)c(Br)c1. The first-order valence-corrected chi connectivity index (χ1v) is 8.16. The number of anilines is 1. The summed E-state index contributed by atoms with van der Waals surface area (Å²) in [6.45, 7) is 5.01. The van der Waals surface area contributed by atoms with Gasteiger partial charge in [-0.15, -0.1) is 0 Å². The molecular formula is C18H22BrNO. The molecule has 2 aromatic rings. The highest BCUT2D eigenvalue weighted by Crippen LogP contribution is 2.35. The molecule has 0 aliphatic carbocycles. The number of halogens is 1. The van der Waals surface area contributed by atoms with Crippen LogP contribution in [-0.4, -0.2) is 6.61 Å². The zero-order chi connectivity index (χ0) is 15.2. The summed E-state index contributed by atoms with van der Waals surface area (Å²) in [5.74, 6) is 1.25. The topological polar surface area (TPSA) is 35.2 Å². The van der Waals surface area contributed by atoms with E-state index in [1.807, 2.05) is 24.3 Å². The first-order valence-electron chi connectivity index (χ1n) is 7.37. The molecule has 2 N–H and O–H groups in total. The van der Waals surface area contributed by atoms with Gasteiger partial charge in [0.05, 0.1) is 16.8 Å². The molecule has 21 heavy (non-hydrogen) atoms. The molecule has 3 heteroatoms. The van der Waals surface area contributed by atoms with Crippen molar-refractivity contribution in [1.82, 2.24) is 0 Å². The standard InChI is InChI=1S/C18H22BrNO/c1-3-13(2)15-11-16(19)18(17(20)12-15)21-10-9-14-7-5-4-6-8-14/h4-8,11-13H,3,9-10,20H2,1-2H3. The highest BCUT2D eigenvalue weighted by atomic mass is 79.9. The van der Waals surface area contributed by atoms with Gasteiger partial charge in [0.15, 0.2) is 5.75 Å². The van der Waals surface area contributed by atoms with E-state index in [2.05, 4.69) is 48.0 Å². The lowest BCUT2D eigenvalue weighted by atomic mass is 9.98. The summed E-state index contributed by atoms with van der Waals surface area (Å²) in [5, 5.41) is 0. The Morgan fingerprint density at radius 3 is 2.52 bits per heavy atom. The Kier molecular flexibility index (Phi) is 5.68. The quantitative estimate of drug-likeness (QED) is 0.731. The van der Waals surface area contributed by atoms with Gasteiger partial charge in [0.2, 0.25) is 0 Å². The van der Waals surface area contributed by atoms with Crippen LogP contribution >= 0.6 is 15.9 Å². The fraction of sp³-hybridized carbons (Fsp3) is 0.333. The first-order chi connectivity index (χ1) is 10.1. The van der Waals surface area contributed by atoms with Crippen molar-refractivity contribution in [3.8, 4) is 5.75 Å². The minimum Gasteiger partial charge on any atom is -0.490 e. The van der Waals surface area contributed by atoms with Gasteiger partial charge in [0, 0.05) is 6.42 Å². The molecule has 112 valence electrons. The number of ether oxygens (including phenoxy) is 1. The Labute approximate surface area is 135 Å². The van der Waals surface area contributed by atoms with Crippen molar-refractivity contribution in [2.75, 3.05) is 12.3 Å². The van der Waals surface area contributed by atoms with Crippen LogP contribution in [0.25, 0.3) is 0 Å². The van der Waals surface area contributed by atoms with Gasteiger partial charge in [0.25, 0.3) is 0 Å². The summed E-state index contributed by atoms with van der Waals surface area (Å²) in [6, 6.07) is 14.5. The number of rotatable bonds is 6. The van der Waals surface area contributed by atoms with E-state index < -0.39 is 0 Å². The van der Waals surface area contributed by atoms with Gasteiger partial charge < -0.3 is 10.5 Å². The van der Waals surface area contributed by atoms with Gasteiger partial charge in [0.1, 0.15) is 0 Å². The minimum absolute atomic E-state index is 0.502. The molecule has 0 radical (unpaired) electrons. The van der Waals surface area contributed by atoms with Crippen molar-refractivity contribution in [3.63, 3.8) is 0 Å². The molecule has 2 rings (SSSR count). The predicted molar refractivity (Wildman–Crippen MR) is 92.9 cm³/mol. The summed E-state index contributed by atoms with van der Waals surface area (Å²) < 4.78 is 6.80. The van der Waals surface area contributed by atoms with Crippen LogP contribution in [0.4, 0.5) is 5.69 Å². The second kappa shape index (κ2) is 7.51. The van der Waals surface area contributed by atoms with Crippen LogP contribution in [0, 0.1) is 0 Å². The number of nitrogens with two attached hydrogens (primary N) is 1. The smallest absolute Gasteiger partial charge is 0.156 e. The maximum Gasteiger partial charge on any atom is 0.156 e. The average molecular weight is 348 g/mol. The van der Waals surface area contributed by atoms with Crippen molar-refractivity contribution in [3.05, 3.63) is 58.1 Å². The Balaban J connectivity index is 2.03. The summed E-state index contributed by atoms with van der Waals surface area (Å²) in [5.41, 5.74) is 9.36. The zero-order valence-electron chi connectivity index (χ0n) is 12.6. The molecule has 0 amide bonds. The Morgan fingerprint density at radius 2 is 1.90 bits per heavy atom. The van der Waals surface area contributed by atoms with Gasteiger partial charge in [-0.1, -0.05) is 44.2 Å². The van der Waals surface area contributed by atoms with E-state index in [-0.39, 0.29) is 0 Å². The van der Waals surface area contributed by atoms with Crippen molar-refractivity contribution in [1.29, 1.82) is 0 Å². The summed E-state index contributed by atoms with van der Waals surface area (Å²) in [6.07, 6.45) is 1.97. The lowest BCUT2D eigenvalue weighted by molar-refractivity contribution is 0.321. The maximum absolute atomic E-state index is 6.14. The van der Waals surface area contributed by atoms with E-state index in [4.69, 9.17) is 10.5 Å². The lowest BCUT2D eigenvalue weighted by Gasteiger charge is -2.15. The Morgan fingerprint density at radius 1 is 1.19 bits per heavy atom. The zero-order valence-corrected chi connectivity index (χ0v) is 14.2. The third-order valence-electron chi connectivity index (χ3n) is 3.76. The Hall–Kier alpha value is -1.48. The molecule has 0 aliphatic heterocycles. The highest BCUT2D eigenvalue weighted by molar-refractivity contribution is 9.10. The van der Waals surface area contributed by atoms with Crippen LogP contribution in [0.3, 0.4) is 0 Å². The fourth-order valence-corrected chi connectivity index (χ4v) is 2.83. The number of benzene rings is 2. The molecular weight excluding hydrogens is 326 g/mol. The van der Waals surface area contributed by atoms with Crippen molar-refractivity contribution in [2.45, 2.75) is 32.6 Å². The van der Waals surface area contributed by atoms with Crippen LogP contribution < -0.4 is 10.5 Å². The van der Waals surface area contributed by atoms with Gasteiger partial charge in [-0.2, -0.15) is 0 Å². The molecule has 0 fully saturated rings. The Bertz CT molecular complexity index is 560. The summed E-state index contributed by atoms with van der Waals surface area (Å²) >= 11 is 3.58. The molecule has 0 saturated carbocycles. The maximum atomic E-state index is 6.14. The van der Waals surface area contributed by atoms with Crippen LogP contribution in [0.1, 0.15) is 37.3 Å². The second-order valence-electron chi connectivity index (χ2n) is 5.31. The summed E-state index contributed by atoms with van der Waals surface area (Å²) in [4.78, 5) is 0. The largest absolute Gasteiger partial charge is 0.490 e. The van der Waals surface area contributed by atoms with E-state index in [1.54, 1.807) is 0 Å². The van der Waals surface area contributed by atoms with Gasteiger partial charge in [-0.05, 0) is 51.5 Å². The molecule has 0 bridgehead atoms. The van der Waals surface area contributed by atoms with E-state index in [9.17, 15) is 0 Å². The van der Waals surface area contributed by atoms with Gasteiger partial charge in [-0.3, -0.25) is 0 Å². The number of nitrogen functional groups attached to an aromatic ring is 1. The van der Waals surface area contributed by atoms with E-state index in [0.29, 0.717) is 18.2 Å². The molecule has 0 aliphatic rings. The fourth-order valence-electron chi connectivity index (χ4n) is 2.22. The number of hydrogen-bond acceptors (Lipinski definition) is 2. The molecule has 2 aromatic carbocycles. The third kappa shape index (κ3) is 4.24. The molecule has 0 aromatic heterocycles. The van der Waals surface area contributed by atoms with E-state index in [0.717, 1.165) is 23.1 Å². The van der Waals surface area contributed by atoms with Crippen molar-refractivity contribution < 1.29 is 4.74 Å². The molecule has 0 heterocycles. The lowest BCUT2D eigenvalue weighted by Crippen LogP contribution is -2.05. The van der Waals surface area contributed by atoms with E-state index in [1.165, 1.54) is 11.1 Å². The molecule has 1 atom stereocenters. The second-order valence-corrected chi connectivity index (χ2v) is 6.17. The van der Waals surface area contributed by atoms with Crippen molar-refractivity contribution in [2.24, 2.45) is 0 Å². The highest BCUT2D eigenvalue weighted by Gasteiger charge is 2.11. The van der Waals surface area contributed by atoms with Gasteiger partial charge >= 0.3 is 0 Å². The average Bonchev–Trinajstić information content (AvgIpc) is 2.50. The normalized spacial score (nSPS) is 12.1. The van der Waals surface area contributed by atoms with Crippen LogP contribution in [-0.2, 0) is 6.42 Å². The monoisotopic (exact) mass is 347 g/mol. The van der Waals surface area contributed by atoms with Crippen molar-refractivity contribution >= 4 is 21.6 Å². The molecule has 1 unspecified atom stereocenters. The number of hydrogen-bond donors (Lipinski definition) is 1. The van der Waals surface area contributed by atoms with Gasteiger partial charge in [-0.25, -0.2) is 0 Å². The molecule has 0 spiro atoms. The van der Waals surface area contributed by atoms with E-state index >= 15 is 0 Å². The minimum atomic E-state index is 0.502. The predicted octanol–water partition coefficient (Wildman–Crippen LogP) is 5.17. The van der Waals surface area contributed by atoms with Crippen LogP contribution in [0.15, 0.2) is 46.9 Å². The molecule has 2 nitrogen and oxygen atoms in total. The molecule has 0 saturated heterocycles. The van der Waals surface area contributed by atoms with Crippen LogP contribution in [0.5, 0.6) is 5.75 Å². The first kappa shape index (κ1) is 15.9. The van der Waals surface area contributed by atoms with Crippen LogP contribution in [0.2, 0.25) is 0 Å². The third-order valence-corrected chi connectivity index (χ3v) is 4.35. The summed E-state index contributed by atoms with van der Waals surface area (Å²) in [7, 11) is 0.